The van der Waals surface area contributed by atoms with E-state index in [1.54, 1.807) is 13.8 Å². The number of anilines is 1. The van der Waals surface area contributed by atoms with Gasteiger partial charge in [0.1, 0.15) is 0 Å². The van der Waals surface area contributed by atoms with E-state index in [9.17, 15) is 21.6 Å². The first-order valence-corrected chi connectivity index (χ1v) is 9.41. The van der Waals surface area contributed by atoms with Crippen LogP contribution in [0, 0.1) is 0 Å². The van der Waals surface area contributed by atoms with Gasteiger partial charge in [-0.05, 0) is 38.1 Å². The summed E-state index contributed by atoms with van der Waals surface area (Å²) in [6, 6.07) is 4.93. The van der Waals surface area contributed by atoms with Crippen LogP contribution in [0.25, 0.3) is 0 Å². The highest BCUT2D eigenvalue weighted by Crippen LogP contribution is 2.26. The van der Waals surface area contributed by atoms with E-state index in [1.807, 2.05) is 0 Å². The molecule has 0 aromatic heterocycles. The van der Waals surface area contributed by atoms with Crippen LogP contribution in [0.4, 0.5) is 5.69 Å². The average Bonchev–Trinajstić information content (AvgIpc) is 2.62. The molecule has 1 heterocycles. The van der Waals surface area contributed by atoms with Crippen molar-refractivity contribution in [2.24, 2.45) is 0 Å². The van der Waals surface area contributed by atoms with Crippen LogP contribution in [0.5, 0.6) is 0 Å². The average molecular weight is 332 g/mol. The highest BCUT2D eigenvalue weighted by Gasteiger charge is 2.36. The Kier molecular flexibility index (Phi) is 4.09. The second kappa shape index (κ2) is 5.39. The van der Waals surface area contributed by atoms with Gasteiger partial charge in [-0.15, -0.1) is 0 Å². The predicted octanol–water partition coefficient (Wildman–Crippen LogP) is 0.440. The third-order valence-corrected chi connectivity index (χ3v) is 6.22. The van der Waals surface area contributed by atoms with Crippen LogP contribution in [-0.4, -0.2) is 34.5 Å². The summed E-state index contributed by atoms with van der Waals surface area (Å²) in [6.07, 6.45) is -0.0582. The zero-order chi connectivity index (χ0) is 15.8. The van der Waals surface area contributed by atoms with E-state index in [1.165, 1.54) is 24.3 Å². The molecule has 0 unspecified atom stereocenters. The van der Waals surface area contributed by atoms with E-state index in [4.69, 9.17) is 0 Å². The number of sulfonamides is 2. The molecule has 1 aromatic carbocycles. The molecular formula is C12H16N2O5S2. The summed E-state index contributed by atoms with van der Waals surface area (Å²) < 4.78 is 50.6. The lowest BCUT2D eigenvalue weighted by atomic mass is 10.3. The number of carbonyl (C=O) groups excluding carboxylic acids is 1. The molecule has 1 aliphatic heterocycles. The minimum atomic E-state index is -3.64. The van der Waals surface area contributed by atoms with Gasteiger partial charge in [0.05, 0.1) is 16.3 Å². The Balaban J connectivity index is 2.34. The summed E-state index contributed by atoms with van der Waals surface area (Å²) in [4.78, 5) is 11.7. The number of benzene rings is 1. The maximum absolute atomic E-state index is 12.0. The fourth-order valence-electron chi connectivity index (χ4n) is 2.01. The summed E-state index contributed by atoms with van der Waals surface area (Å²) in [7, 11) is -7.28. The second-order valence-corrected chi connectivity index (χ2v) is 8.65. The van der Waals surface area contributed by atoms with E-state index in [0.29, 0.717) is 0 Å². The molecule has 0 atom stereocenters. The lowest BCUT2D eigenvalue weighted by Crippen LogP contribution is -2.31. The Labute approximate surface area is 124 Å². The highest BCUT2D eigenvalue weighted by molar-refractivity contribution is 7.94. The van der Waals surface area contributed by atoms with Crippen molar-refractivity contribution in [2.45, 2.75) is 31.2 Å². The second-order valence-electron chi connectivity index (χ2n) is 4.99. The molecule has 0 spiro atoms. The summed E-state index contributed by atoms with van der Waals surface area (Å²) in [5, 5.41) is 0. The molecule has 9 heteroatoms. The third-order valence-electron chi connectivity index (χ3n) is 2.85. The lowest BCUT2D eigenvalue weighted by molar-refractivity contribution is -0.116. The van der Waals surface area contributed by atoms with Crippen molar-refractivity contribution < 1.29 is 21.6 Å². The summed E-state index contributed by atoms with van der Waals surface area (Å²) in [6.45, 7) is 3.39. The molecule has 0 radical (unpaired) electrons. The molecule has 1 amide bonds. The van der Waals surface area contributed by atoms with Crippen molar-refractivity contribution in [2.75, 3.05) is 10.1 Å². The van der Waals surface area contributed by atoms with E-state index in [2.05, 4.69) is 4.72 Å². The Morgan fingerprint density at radius 1 is 1.19 bits per heavy atom. The van der Waals surface area contributed by atoms with Crippen LogP contribution in [0.15, 0.2) is 29.2 Å². The number of rotatable bonds is 4. The van der Waals surface area contributed by atoms with Crippen molar-refractivity contribution >= 4 is 31.6 Å². The van der Waals surface area contributed by atoms with E-state index in [0.717, 1.165) is 4.31 Å². The van der Waals surface area contributed by atoms with Crippen LogP contribution < -0.4 is 9.03 Å². The van der Waals surface area contributed by atoms with Gasteiger partial charge in [-0.2, -0.15) is 0 Å². The van der Waals surface area contributed by atoms with Gasteiger partial charge < -0.3 is 0 Å². The Bertz CT molecular complexity index is 751. The first-order chi connectivity index (χ1) is 9.63. The van der Waals surface area contributed by atoms with E-state index >= 15 is 0 Å². The van der Waals surface area contributed by atoms with Crippen molar-refractivity contribution in [3.63, 3.8) is 0 Å². The number of carbonyl (C=O) groups is 1. The molecule has 0 saturated carbocycles. The molecule has 1 aliphatic rings. The fourth-order valence-corrected chi connectivity index (χ4v) is 4.72. The van der Waals surface area contributed by atoms with Crippen LogP contribution >= 0.6 is 0 Å². The number of amides is 1. The van der Waals surface area contributed by atoms with Gasteiger partial charge >= 0.3 is 0 Å². The normalized spacial score (nSPS) is 18.4. The van der Waals surface area contributed by atoms with Gasteiger partial charge in [-0.25, -0.2) is 25.9 Å². The lowest BCUT2D eigenvalue weighted by Gasteiger charge is -2.15. The zero-order valence-electron chi connectivity index (χ0n) is 11.6. The molecule has 0 bridgehead atoms. The van der Waals surface area contributed by atoms with Gasteiger partial charge in [0.15, 0.2) is 0 Å². The van der Waals surface area contributed by atoms with E-state index < -0.39 is 26.0 Å². The summed E-state index contributed by atoms with van der Waals surface area (Å²) in [5.41, 5.74) is 0.154. The van der Waals surface area contributed by atoms with Crippen molar-refractivity contribution in [3.8, 4) is 0 Å². The fraction of sp³-hybridized carbons (Fsp3) is 0.417. The van der Waals surface area contributed by atoms with Crippen LogP contribution in [-0.2, 0) is 24.8 Å². The number of nitrogens with zero attached hydrogens (tertiary/aromatic N) is 1. The van der Waals surface area contributed by atoms with Crippen LogP contribution in [0.3, 0.4) is 0 Å². The quantitative estimate of drug-likeness (QED) is 0.862. The topological polar surface area (TPSA) is 101 Å². The van der Waals surface area contributed by atoms with Gasteiger partial charge in [0.25, 0.3) is 0 Å². The number of hydrogen-bond donors (Lipinski definition) is 1. The standard InChI is InChI=1S/C12H16N2O5S2/c1-9(2)13-21(18,19)11-5-3-10(4-6-11)14-12(15)7-8-20(14,16)17/h3-6,9,13H,7-8H2,1-2H3. The van der Waals surface area contributed by atoms with Crippen molar-refractivity contribution in [1.82, 2.24) is 4.72 Å². The molecule has 1 fully saturated rings. The zero-order valence-corrected chi connectivity index (χ0v) is 13.2. The number of hydrogen-bond acceptors (Lipinski definition) is 5. The Morgan fingerprint density at radius 2 is 1.76 bits per heavy atom. The van der Waals surface area contributed by atoms with Crippen molar-refractivity contribution in [3.05, 3.63) is 24.3 Å². The van der Waals surface area contributed by atoms with Gasteiger partial charge in [-0.1, -0.05) is 0 Å². The molecule has 2 rings (SSSR count). The summed E-state index contributed by atoms with van der Waals surface area (Å²) >= 11 is 0. The molecular weight excluding hydrogens is 316 g/mol. The highest BCUT2D eigenvalue weighted by atomic mass is 32.2. The van der Waals surface area contributed by atoms with Gasteiger partial charge in [0, 0.05) is 12.5 Å². The van der Waals surface area contributed by atoms with Gasteiger partial charge in [-0.3, -0.25) is 4.79 Å². The maximum atomic E-state index is 12.0. The monoisotopic (exact) mass is 332 g/mol. The Morgan fingerprint density at radius 3 is 2.19 bits per heavy atom. The summed E-state index contributed by atoms with van der Waals surface area (Å²) in [5.74, 6) is -0.730. The predicted molar refractivity (Wildman–Crippen MR) is 77.8 cm³/mol. The SMILES string of the molecule is CC(C)NS(=O)(=O)c1ccc(N2C(=O)CCS2(=O)=O)cc1. The molecule has 1 saturated heterocycles. The maximum Gasteiger partial charge on any atom is 0.242 e. The van der Waals surface area contributed by atoms with Crippen molar-refractivity contribution in [1.29, 1.82) is 0 Å². The smallest absolute Gasteiger partial charge is 0.242 e. The molecule has 7 nitrogen and oxygen atoms in total. The van der Waals surface area contributed by atoms with Crippen LogP contribution in [0.2, 0.25) is 0 Å². The number of nitrogens with one attached hydrogen (secondary N) is 1. The largest absolute Gasteiger partial charge is 0.273 e. The van der Waals surface area contributed by atoms with E-state index in [-0.39, 0.29) is 28.8 Å². The molecule has 1 N–H and O–H groups in total. The Hall–Kier alpha value is -1.45. The van der Waals surface area contributed by atoms with Crippen LogP contribution in [0.1, 0.15) is 20.3 Å². The molecule has 1 aromatic rings. The molecule has 21 heavy (non-hydrogen) atoms. The minimum absolute atomic E-state index is 0.0176. The minimum Gasteiger partial charge on any atom is -0.273 e. The van der Waals surface area contributed by atoms with Gasteiger partial charge in [0.2, 0.25) is 26.0 Å². The molecule has 0 aliphatic carbocycles. The first kappa shape index (κ1) is 15.9. The third kappa shape index (κ3) is 3.25. The first-order valence-electron chi connectivity index (χ1n) is 6.32. The molecule has 116 valence electrons.